The average molecular weight is 304 g/mol. The first-order valence-electron chi connectivity index (χ1n) is 7.90. The van der Waals surface area contributed by atoms with E-state index in [4.69, 9.17) is 0 Å². The summed E-state index contributed by atoms with van der Waals surface area (Å²) in [6.07, 6.45) is 0. The molecule has 3 rings (SSSR count). The zero-order chi connectivity index (χ0) is 16.4. The van der Waals surface area contributed by atoms with Gasteiger partial charge in [-0.05, 0) is 51.4 Å². The van der Waals surface area contributed by atoms with Gasteiger partial charge in [-0.2, -0.15) is 0 Å². The lowest BCUT2D eigenvalue weighted by molar-refractivity contribution is 0.590. The van der Waals surface area contributed by atoms with Gasteiger partial charge in [0.25, 0.3) is 0 Å². The molecule has 3 aromatic rings. The van der Waals surface area contributed by atoms with Crippen molar-refractivity contribution in [1.29, 1.82) is 0 Å². The van der Waals surface area contributed by atoms with Gasteiger partial charge in [0, 0.05) is 0 Å². The SMILES string of the molecule is CC(C)(C)c1cc(-c2ccccc2)cc(-c2cccc(F)c2)c1. The second-order valence-electron chi connectivity index (χ2n) is 6.93. The van der Waals surface area contributed by atoms with Crippen molar-refractivity contribution in [1.82, 2.24) is 0 Å². The number of benzene rings is 3. The summed E-state index contributed by atoms with van der Waals surface area (Å²) < 4.78 is 13.6. The Hall–Kier alpha value is -2.41. The Morgan fingerprint density at radius 2 is 1.22 bits per heavy atom. The molecule has 23 heavy (non-hydrogen) atoms. The molecule has 0 aromatic heterocycles. The lowest BCUT2D eigenvalue weighted by atomic mass is 9.83. The molecule has 0 unspecified atom stereocenters. The summed E-state index contributed by atoms with van der Waals surface area (Å²) in [5.74, 6) is -0.204. The zero-order valence-electron chi connectivity index (χ0n) is 13.8. The van der Waals surface area contributed by atoms with Gasteiger partial charge in [-0.1, -0.05) is 75.4 Å². The van der Waals surface area contributed by atoms with Crippen LogP contribution in [-0.4, -0.2) is 0 Å². The van der Waals surface area contributed by atoms with Crippen molar-refractivity contribution in [2.75, 3.05) is 0 Å². The molecule has 0 aliphatic rings. The quantitative estimate of drug-likeness (QED) is 0.510. The van der Waals surface area contributed by atoms with Crippen LogP contribution in [0.2, 0.25) is 0 Å². The molecule has 1 heteroatoms. The molecule has 0 heterocycles. The molecule has 0 spiro atoms. The maximum Gasteiger partial charge on any atom is 0.123 e. The Balaban J connectivity index is 2.20. The standard InChI is InChI=1S/C22H21F/c1-22(2,3)20-13-18(16-8-5-4-6-9-16)12-19(14-20)17-10-7-11-21(23)15-17/h4-15H,1-3H3. The number of hydrogen-bond acceptors (Lipinski definition) is 0. The van der Waals surface area contributed by atoms with E-state index in [1.165, 1.54) is 17.2 Å². The van der Waals surface area contributed by atoms with Crippen LogP contribution < -0.4 is 0 Å². The fraction of sp³-hybridized carbons (Fsp3) is 0.182. The normalized spacial score (nSPS) is 11.5. The highest BCUT2D eigenvalue weighted by Crippen LogP contribution is 2.33. The minimum atomic E-state index is -0.204. The van der Waals surface area contributed by atoms with Gasteiger partial charge >= 0.3 is 0 Å². The van der Waals surface area contributed by atoms with E-state index in [9.17, 15) is 4.39 Å². The lowest BCUT2D eigenvalue weighted by Crippen LogP contribution is -2.11. The van der Waals surface area contributed by atoms with E-state index in [0.717, 1.165) is 16.7 Å². The van der Waals surface area contributed by atoms with E-state index in [2.05, 4.69) is 51.1 Å². The van der Waals surface area contributed by atoms with E-state index >= 15 is 0 Å². The molecule has 0 nitrogen and oxygen atoms in total. The molecule has 0 saturated carbocycles. The van der Waals surface area contributed by atoms with Crippen LogP contribution in [0.25, 0.3) is 22.3 Å². The summed E-state index contributed by atoms with van der Waals surface area (Å²) in [6, 6.07) is 23.7. The van der Waals surface area contributed by atoms with Crippen LogP contribution in [0.1, 0.15) is 26.3 Å². The molecule has 0 aliphatic heterocycles. The second-order valence-corrected chi connectivity index (χ2v) is 6.93. The highest BCUT2D eigenvalue weighted by molar-refractivity contribution is 5.74. The minimum Gasteiger partial charge on any atom is -0.207 e. The van der Waals surface area contributed by atoms with Gasteiger partial charge in [-0.25, -0.2) is 4.39 Å². The van der Waals surface area contributed by atoms with Gasteiger partial charge in [0.05, 0.1) is 0 Å². The largest absolute Gasteiger partial charge is 0.207 e. The van der Waals surface area contributed by atoms with Crippen molar-refractivity contribution in [3.63, 3.8) is 0 Å². The van der Waals surface area contributed by atoms with Crippen molar-refractivity contribution in [3.05, 3.63) is 84.2 Å². The van der Waals surface area contributed by atoms with Gasteiger partial charge in [-0.15, -0.1) is 0 Å². The summed E-state index contributed by atoms with van der Waals surface area (Å²) in [4.78, 5) is 0. The summed E-state index contributed by atoms with van der Waals surface area (Å²) >= 11 is 0. The molecule has 0 atom stereocenters. The Morgan fingerprint density at radius 1 is 0.609 bits per heavy atom. The van der Waals surface area contributed by atoms with Gasteiger partial charge < -0.3 is 0 Å². The number of rotatable bonds is 2. The van der Waals surface area contributed by atoms with Crippen LogP contribution in [0.3, 0.4) is 0 Å². The predicted octanol–water partition coefficient (Wildman–Crippen LogP) is 6.46. The van der Waals surface area contributed by atoms with Gasteiger partial charge in [-0.3, -0.25) is 0 Å². The highest BCUT2D eigenvalue weighted by Gasteiger charge is 2.16. The molecule has 0 aliphatic carbocycles. The summed E-state index contributed by atoms with van der Waals surface area (Å²) in [6.45, 7) is 6.60. The van der Waals surface area contributed by atoms with Crippen LogP contribution in [-0.2, 0) is 5.41 Å². The lowest BCUT2D eigenvalue weighted by Gasteiger charge is -2.21. The summed E-state index contributed by atoms with van der Waals surface area (Å²) in [5.41, 5.74) is 5.59. The number of halogens is 1. The van der Waals surface area contributed by atoms with E-state index in [0.29, 0.717) is 0 Å². The highest BCUT2D eigenvalue weighted by atomic mass is 19.1. The third-order valence-electron chi connectivity index (χ3n) is 4.06. The third-order valence-corrected chi connectivity index (χ3v) is 4.06. The van der Waals surface area contributed by atoms with E-state index in [1.54, 1.807) is 12.1 Å². The molecule has 0 fully saturated rings. The average Bonchev–Trinajstić information content (AvgIpc) is 2.54. The van der Waals surface area contributed by atoms with Crippen molar-refractivity contribution in [3.8, 4) is 22.3 Å². The van der Waals surface area contributed by atoms with Crippen molar-refractivity contribution in [2.24, 2.45) is 0 Å². The topological polar surface area (TPSA) is 0 Å². The Morgan fingerprint density at radius 3 is 1.83 bits per heavy atom. The molecular weight excluding hydrogens is 283 g/mol. The number of hydrogen-bond donors (Lipinski definition) is 0. The third kappa shape index (κ3) is 3.50. The first-order chi connectivity index (χ1) is 10.9. The monoisotopic (exact) mass is 304 g/mol. The van der Waals surface area contributed by atoms with E-state index < -0.39 is 0 Å². The molecule has 0 saturated heterocycles. The fourth-order valence-corrected chi connectivity index (χ4v) is 2.69. The van der Waals surface area contributed by atoms with Crippen LogP contribution in [0.15, 0.2) is 72.8 Å². The minimum absolute atomic E-state index is 0.0346. The van der Waals surface area contributed by atoms with Gasteiger partial charge in [0.2, 0.25) is 0 Å². The zero-order valence-corrected chi connectivity index (χ0v) is 13.8. The Labute approximate surface area is 137 Å². The van der Waals surface area contributed by atoms with Crippen molar-refractivity contribution < 1.29 is 4.39 Å². The maximum atomic E-state index is 13.6. The van der Waals surface area contributed by atoms with Crippen LogP contribution in [0, 0.1) is 5.82 Å². The molecule has 3 aromatic carbocycles. The first kappa shape index (κ1) is 15.5. The summed E-state index contributed by atoms with van der Waals surface area (Å²) in [5, 5.41) is 0. The van der Waals surface area contributed by atoms with Crippen LogP contribution in [0.5, 0.6) is 0 Å². The Kier molecular flexibility index (Phi) is 4.04. The molecule has 0 amide bonds. The maximum absolute atomic E-state index is 13.6. The van der Waals surface area contributed by atoms with Crippen molar-refractivity contribution >= 4 is 0 Å². The molecule has 116 valence electrons. The van der Waals surface area contributed by atoms with Crippen LogP contribution >= 0.6 is 0 Å². The summed E-state index contributed by atoms with van der Waals surface area (Å²) in [7, 11) is 0. The second kappa shape index (κ2) is 6.00. The predicted molar refractivity (Wildman–Crippen MR) is 96.0 cm³/mol. The van der Waals surface area contributed by atoms with Gasteiger partial charge in [0.15, 0.2) is 0 Å². The molecular formula is C22H21F. The van der Waals surface area contributed by atoms with Gasteiger partial charge in [0.1, 0.15) is 5.82 Å². The first-order valence-corrected chi connectivity index (χ1v) is 7.90. The van der Waals surface area contributed by atoms with E-state index in [1.807, 2.05) is 24.3 Å². The molecule has 0 N–H and O–H groups in total. The molecule has 0 radical (unpaired) electrons. The smallest absolute Gasteiger partial charge is 0.123 e. The fourth-order valence-electron chi connectivity index (χ4n) is 2.69. The molecule has 0 bridgehead atoms. The van der Waals surface area contributed by atoms with E-state index in [-0.39, 0.29) is 11.2 Å². The van der Waals surface area contributed by atoms with Crippen LogP contribution in [0.4, 0.5) is 4.39 Å². The van der Waals surface area contributed by atoms with Crippen molar-refractivity contribution in [2.45, 2.75) is 26.2 Å². The Bertz CT molecular complexity index is 811.